The highest BCUT2D eigenvalue weighted by molar-refractivity contribution is 5.61. The van der Waals surface area contributed by atoms with Crippen LogP contribution in [-0.2, 0) is 7.05 Å². The molecule has 0 bridgehead atoms. The van der Waals surface area contributed by atoms with Crippen LogP contribution in [0.15, 0.2) is 53.7 Å². The molecule has 2 aromatic heterocycles. The molecule has 2 heterocycles. The quantitative estimate of drug-likeness (QED) is 0.539. The molecule has 0 radical (unpaired) electrons. The third-order valence-corrected chi connectivity index (χ3v) is 3.09. The number of hydrogen-bond acceptors (Lipinski definition) is 5. The second-order valence-corrected chi connectivity index (χ2v) is 4.65. The van der Waals surface area contributed by atoms with Gasteiger partial charge in [0.1, 0.15) is 11.4 Å². The highest BCUT2D eigenvalue weighted by Crippen LogP contribution is 2.20. The van der Waals surface area contributed by atoms with Gasteiger partial charge in [-0.15, -0.1) is 0 Å². The average molecular weight is 297 g/mol. The fraction of sp³-hybridized carbons (Fsp3) is 0.0714. The van der Waals surface area contributed by atoms with E-state index in [1.807, 2.05) is 0 Å². The Bertz CT molecular complexity index is 913. The maximum absolute atomic E-state index is 12.0. The summed E-state index contributed by atoms with van der Waals surface area (Å²) in [6.45, 7) is 0. The van der Waals surface area contributed by atoms with E-state index in [0.717, 1.165) is 0 Å². The van der Waals surface area contributed by atoms with E-state index in [1.165, 1.54) is 35.1 Å². The predicted molar refractivity (Wildman–Crippen MR) is 78.7 cm³/mol. The van der Waals surface area contributed by atoms with E-state index in [2.05, 4.69) is 10.2 Å². The van der Waals surface area contributed by atoms with Crippen LogP contribution in [0.5, 0.6) is 0 Å². The van der Waals surface area contributed by atoms with Crippen molar-refractivity contribution in [2.75, 3.05) is 0 Å². The van der Waals surface area contributed by atoms with Crippen molar-refractivity contribution < 1.29 is 4.92 Å². The van der Waals surface area contributed by atoms with Gasteiger partial charge in [-0.2, -0.15) is 10.2 Å². The Kier molecular flexibility index (Phi) is 3.26. The number of nitro groups is 1. The maximum Gasteiger partial charge on any atom is 0.270 e. The fourth-order valence-electron chi connectivity index (χ4n) is 2.04. The summed E-state index contributed by atoms with van der Waals surface area (Å²) in [6.07, 6.45) is 4.88. The van der Waals surface area contributed by atoms with Crippen LogP contribution in [-0.4, -0.2) is 24.5 Å². The normalized spacial score (nSPS) is 10.6. The molecular formula is C14H11N5O3. The third kappa shape index (κ3) is 2.49. The second-order valence-electron chi connectivity index (χ2n) is 4.65. The first-order chi connectivity index (χ1) is 10.5. The first-order valence-electron chi connectivity index (χ1n) is 6.38. The van der Waals surface area contributed by atoms with Crippen LogP contribution in [0.1, 0.15) is 0 Å². The highest BCUT2D eigenvalue weighted by Gasteiger charge is 2.12. The van der Waals surface area contributed by atoms with Gasteiger partial charge in [-0.05, 0) is 0 Å². The Morgan fingerprint density at radius 3 is 2.77 bits per heavy atom. The van der Waals surface area contributed by atoms with Crippen LogP contribution in [0.4, 0.5) is 5.69 Å². The molecule has 3 aromatic rings. The molecule has 0 atom stereocenters. The van der Waals surface area contributed by atoms with Crippen LogP contribution in [0, 0.1) is 10.1 Å². The van der Waals surface area contributed by atoms with Crippen molar-refractivity contribution in [1.29, 1.82) is 0 Å². The van der Waals surface area contributed by atoms with Gasteiger partial charge in [0, 0.05) is 37.0 Å². The van der Waals surface area contributed by atoms with Crippen LogP contribution >= 0.6 is 0 Å². The number of nitrogens with zero attached hydrogens (tertiary/aromatic N) is 5. The van der Waals surface area contributed by atoms with E-state index in [4.69, 9.17) is 0 Å². The smallest absolute Gasteiger partial charge is 0.270 e. The minimum atomic E-state index is -0.508. The lowest BCUT2D eigenvalue weighted by molar-refractivity contribution is -0.384. The molecule has 0 aliphatic rings. The molecule has 8 heteroatoms. The van der Waals surface area contributed by atoms with Crippen molar-refractivity contribution in [2.24, 2.45) is 7.05 Å². The SMILES string of the molecule is Cn1cc(-n2ccc(=O)c(-c3cccc([N+](=O)[O-])c3)n2)cn1. The molecule has 0 aliphatic carbocycles. The topological polar surface area (TPSA) is 95.8 Å². The van der Waals surface area contributed by atoms with Gasteiger partial charge in [-0.3, -0.25) is 19.6 Å². The van der Waals surface area contributed by atoms with Crippen molar-refractivity contribution >= 4 is 5.69 Å². The zero-order valence-electron chi connectivity index (χ0n) is 11.6. The van der Waals surface area contributed by atoms with Crippen LogP contribution < -0.4 is 5.43 Å². The molecule has 0 saturated heterocycles. The summed E-state index contributed by atoms with van der Waals surface area (Å²) in [6, 6.07) is 7.21. The van der Waals surface area contributed by atoms with Crippen molar-refractivity contribution in [3.63, 3.8) is 0 Å². The minimum Gasteiger partial charge on any atom is -0.287 e. The van der Waals surface area contributed by atoms with E-state index in [-0.39, 0.29) is 16.8 Å². The van der Waals surface area contributed by atoms with E-state index in [9.17, 15) is 14.9 Å². The van der Waals surface area contributed by atoms with Crippen molar-refractivity contribution in [3.8, 4) is 16.9 Å². The fourth-order valence-corrected chi connectivity index (χ4v) is 2.04. The molecule has 22 heavy (non-hydrogen) atoms. The van der Waals surface area contributed by atoms with Crippen molar-refractivity contribution in [1.82, 2.24) is 19.6 Å². The zero-order valence-corrected chi connectivity index (χ0v) is 11.6. The van der Waals surface area contributed by atoms with Gasteiger partial charge in [0.15, 0.2) is 0 Å². The number of aromatic nitrogens is 4. The lowest BCUT2D eigenvalue weighted by Crippen LogP contribution is -2.12. The third-order valence-electron chi connectivity index (χ3n) is 3.09. The molecule has 0 N–H and O–H groups in total. The molecule has 0 amide bonds. The molecule has 0 unspecified atom stereocenters. The second kappa shape index (κ2) is 5.24. The number of non-ortho nitro benzene ring substituents is 1. The number of benzene rings is 1. The average Bonchev–Trinajstić information content (AvgIpc) is 2.94. The summed E-state index contributed by atoms with van der Waals surface area (Å²) in [5.74, 6) is 0. The summed E-state index contributed by atoms with van der Waals surface area (Å²) in [4.78, 5) is 22.4. The van der Waals surface area contributed by atoms with Gasteiger partial charge in [-0.25, -0.2) is 4.68 Å². The van der Waals surface area contributed by atoms with Gasteiger partial charge in [-0.1, -0.05) is 12.1 Å². The van der Waals surface area contributed by atoms with Gasteiger partial charge < -0.3 is 0 Å². The lowest BCUT2D eigenvalue weighted by Gasteiger charge is -2.05. The Morgan fingerprint density at radius 1 is 1.27 bits per heavy atom. The lowest BCUT2D eigenvalue weighted by atomic mass is 10.1. The van der Waals surface area contributed by atoms with Crippen LogP contribution in [0.2, 0.25) is 0 Å². The van der Waals surface area contributed by atoms with E-state index < -0.39 is 4.92 Å². The van der Waals surface area contributed by atoms with E-state index >= 15 is 0 Å². The Hall–Kier alpha value is -3.29. The summed E-state index contributed by atoms with van der Waals surface area (Å²) < 4.78 is 3.12. The Morgan fingerprint density at radius 2 is 2.09 bits per heavy atom. The largest absolute Gasteiger partial charge is 0.287 e. The Labute approximate surface area is 124 Å². The number of nitro benzene ring substituents is 1. The first-order valence-corrected chi connectivity index (χ1v) is 6.38. The molecular weight excluding hydrogens is 286 g/mol. The molecule has 0 aliphatic heterocycles. The molecule has 0 fully saturated rings. The van der Waals surface area contributed by atoms with Gasteiger partial charge in [0.25, 0.3) is 5.69 Å². The Balaban J connectivity index is 2.13. The standard InChI is InChI=1S/C14H11N5O3/c1-17-9-12(8-15-17)18-6-5-13(20)14(16-18)10-3-2-4-11(7-10)19(21)22/h2-9H,1H3. The number of aryl methyl sites for hydroxylation is 1. The zero-order chi connectivity index (χ0) is 15.7. The van der Waals surface area contributed by atoms with Gasteiger partial charge in [0.05, 0.1) is 17.3 Å². The molecule has 0 saturated carbocycles. The predicted octanol–water partition coefficient (Wildman–Crippen LogP) is 1.54. The number of hydrogen-bond donors (Lipinski definition) is 0. The molecule has 0 spiro atoms. The van der Waals surface area contributed by atoms with Crippen LogP contribution in [0.3, 0.4) is 0 Å². The van der Waals surface area contributed by atoms with Crippen LogP contribution in [0.25, 0.3) is 16.9 Å². The summed E-state index contributed by atoms with van der Waals surface area (Å²) >= 11 is 0. The molecule has 3 rings (SSSR count). The molecule has 8 nitrogen and oxygen atoms in total. The maximum atomic E-state index is 12.0. The molecule has 1 aromatic carbocycles. The summed E-state index contributed by atoms with van der Waals surface area (Å²) in [5, 5.41) is 19.1. The van der Waals surface area contributed by atoms with E-state index in [0.29, 0.717) is 11.3 Å². The summed E-state index contributed by atoms with van der Waals surface area (Å²) in [7, 11) is 1.77. The van der Waals surface area contributed by atoms with Gasteiger partial charge >= 0.3 is 0 Å². The number of rotatable bonds is 3. The van der Waals surface area contributed by atoms with Crippen molar-refractivity contribution in [3.05, 3.63) is 69.3 Å². The van der Waals surface area contributed by atoms with Gasteiger partial charge in [0.2, 0.25) is 5.43 Å². The first kappa shape index (κ1) is 13.7. The van der Waals surface area contributed by atoms with E-state index in [1.54, 1.807) is 30.2 Å². The monoisotopic (exact) mass is 297 g/mol. The molecule has 110 valence electrons. The minimum absolute atomic E-state index is 0.0875. The highest BCUT2D eigenvalue weighted by atomic mass is 16.6. The van der Waals surface area contributed by atoms with Crippen molar-refractivity contribution in [2.45, 2.75) is 0 Å². The summed E-state index contributed by atoms with van der Waals surface area (Å²) in [5.41, 5.74) is 0.845.